The van der Waals surface area contributed by atoms with E-state index in [2.05, 4.69) is 5.32 Å². The molecule has 1 aliphatic rings. The summed E-state index contributed by atoms with van der Waals surface area (Å²) in [5, 5.41) is 2.77. The van der Waals surface area contributed by atoms with Gasteiger partial charge in [-0.2, -0.15) is 0 Å². The van der Waals surface area contributed by atoms with Crippen LogP contribution in [0.1, 0.15) is 11.8 Å². The maximum Gasteiger partial charge on any atom is 0.247 e. The van der Waals surface area contributed by atoms with E-state index in [-0.39, 0.29) is 24.4 Å². The minimum absolute atomic E-state index is 0.000202. The number of nitrogens with zero attached hydrogens (tertiary/aromatic N) is 1. The van der Waals surface area contributed by atoms with Gasteiger partial charge >= 0.3 is 0 Å². The maximum atomic E-state index is 11.9. The number of halogens is 1. The summed E-state index contributed by atoms with van der Waals surface area (Å²) in [7, 11) is 0. The highest BCUT2D eigenvalue weighted by Gasteiger charge is 2.23. The standard InChI is InChI=1S/C12H13ClN2O2S/c1-8-6-15(7-11(16)14-8)12(17)5-3-9-2-4-10(13)18-9/h2-5,8H,6-7H2,1H3,(H,14,16). The van der Waals surface area contributed by atoms with Gasteiger partial charge in [0.1, 0.15) is 0 Å². The first-order valence-corrected chi connectivity index (χ1v) is 6.76. The molecular weight excluding hydrogens is 272 g/mol. The summed E-state index contributed by atoms with van der Waals surface area (Å²) in [5.74, 6) is -0.268. The van der Waals surface area contributed by atoms with Gasteiger partial charge in [-0.3, -0.25) is 9.59 Å². The molecule has 2 rings (SSSR count). The molecule has 1 N–H and O–H groups in total. The molecular formula is C12H13ClN2O2S. The van der Waals surface area contributed by atoms with Crippen molar-refractivity contribution in [2.24, 2.45) is 0 Å². The molecule has 18 heavy (non-hydrogen) atoms. The van der Waals surface area contributed by atoms with Crippen molar-refractivity contribution in [3.05, 3.63) is 27.4 Å². The van der Waals surface area contributed by atoms with Gasteiger partial charge in [-0.25, -0.2) is 0 Å². The molecule has 96 valence electrons. The summed E-state index contributed by atoms with van der Waals surface area (Å²) in [6.45, 7) is 2.54. The smallest absolute Gasteiger partial charge is 0.247 e. The lowest BCUT2D eigenvalue weighted by Crippen LogP contribution is -2.54. The Morgan fingerprint density at radius 3 is 3.00 bits per heavy atom. The SMILES string of the molecule is CC1CN(C(=O)C=Cc2ccc(Cl)s2)CC(=O)N1. The van der Waals surface area contributed by atoms with Crippen LogP contribution >= 0.6 is 22.9 Å². The number of hydrogen-bond acceptors (Lipinski definition) is 3. The Morgan fingerprint density at radius 2 is 2.39 bits per heavy atom. The predicted octanol–water partition coefficient (Wildman–Crippen LogP) is 1.76. The summed E-state index contributed by atoms with van der Waals surface area (Å²) in [4.78, 5) is 25.7. The number of carbonyl (C=O) groups is 2. The largest absolute Gasteiger partial charge is 0.350 e. The minimum Gasteiger partial charge on any atom is -0.350 e. The molecule has 4 nitrogen and oxygen atoms in total. The molecule has 1 unspecified atom stereocenters. The fourth-order valence-electron chi connectivity index (χ4n) is 1.78. The second-order valence-electron chi connectivity index (χ2n) is 4.16. The zero-order valence-electron chi connectivity index (χ0n) is 9.85. The lowest BCUT2D eigenvalue weighted by Gasteiger charge is -2.30. The van der Waals surface area contributed by atoms with Crippen LogP contribution in [-0.4, -0.2) is 35.8 Å². The van der Waals surface area contributed by atoms with Gasteiger partial charge in [0.25, 0.3) is 0 Å². The van der Waals surface area contributed by atoms with Crippen LogP contribution < -0.4 is 5.32 Å². The number of carbonyl (C=O) groups excluding carboxylic acids is 2. The van der Waals surface area contributed by atoms with Gasteiger partial charge in [-0.1, -0.05) is 11.6 Å². The Morgan fingerprint density at radius 1 is 1.61 bits per heavy atom. The van der Waals surface area contributed by atoms with Crippen molar-refractivity contribution >= 4 is 40.8 Å². The van der Waals surface area contributed by atoms with Gasteiger partial charge in [-0.05, 0) is 25.1 Å². The van der Waals surface area contributed by atoms with Crippen molar-refractivity contribution in [3.8, 4) is 0 Å². The lowest BCUT2D eigenvalue weighted by atomic mass is 10.2. The monoisotopic (exact) mass is 284 g/mol. The van der Waals surface area contributed by atoms with E-state index >= 15 is 0 Å². The van der Waals surface area contributed by atoms with Gasteiger partial charge in [-0.15, -0.1) is 11.3 Å². The predicted molar refractivity (Wildman–Crippen MR) is 72.5 cm³/mol. The Bertz CT molecular complexity index is 498. The second-order valence-corrected chi connectivity index (χ2v) is 5.91. The number of amides is 2. The molecule has 6 heteroatoms. The van der Waals surface area contributed by atoms with E-state index in [0.29, 0.717) is 10.9 Å². The molecule has 0 bridgehead atoms. The van der Waals surface area contributed by atoms with Gasteiger partial charge < -0.3 is 10.2 Å². The van der Waals surface area contributed by atoms with Gasteiger partial charge in [0.2, 0.25) is 11.8 Å². The number of hydrogen-bond donors (Lipinski definition) is 1. The van der Waals surface area contributed by atoms with Crippen LogP contribution in [0.5, 0.6) is 0 Å². The first kappa shape index (κ1) is 13.1. The molecule has 1 atom stereocenters. The summed E-state index contributed by atoms with van der Waals surface area (Å²) < 4.78 is 0.688. The Hall–Kier alpha value is -1.33. The molecule has 1 aromatic heterocycles. The topological polar surface area (TPSA) is 49.4 Å². The van der Waals surface area contributed by atoms with E-state index in [9.17, 15) is 9.59 Å². The highest BCUT2D eigenvalue weighted by atomic mass is 35.5. The fourth-order valence-corrected chi connectivity index (χ4v) is 2.74. The normalized spacial score (nSPS) is 20.2. The van der Waals surface area contributed by atoms with E-state index in [0.717, 1.165) is 4.88 Å². The zero-order valence-corrected chi connectivity index (χ0v) is 11.4. The highest BCUT2D eigenvalue weighted by molar-refractivity contribution is 7.17. The summed E-state index contributed by atoms with van der Waals surface area (Å²) in [5.41, 5.74) is 0. The van der Waals surface area contributed by atoms with Crippen LogP contribution in [0.2, 0.25) is 4.34 Å². The Kier molecular flexibility index (Phi) is 4.04. The molecule has 0 aromatic carbocycles. The third-order valence-corrected chi connectivity index (χ3v) is 3.73. The number of nitrogens with one attached hydrogen (secondary N) is 1. The third kappa shape index (κ3) is 3.34. The number of rotatable bonds is 2. The summed E-state index contributed by atoms with van der Waals surface area (Å²) >= 11 is 7.21. The van der Waals surface area contributed by atoms with Gasteiger partial charge in [0.05, 0.1) is 10.9 Å². The molecule has 1 fully saturated rings. The van der Waals surface area contributed by atoms with Crippen molar-refractivity contribution < 1.29 is 9.59 Å². The van der Waals surface area contributed by atoms with Crippen molar-refractivity contribution in [1.29, 1.82) is 0 Å². The summed E-state index contributed by atoms with van der Waals surface area (Å²) in [6, 6.07) is 3.63. The van der Waals surface area contributed by atoms with Crippen LogP contribution in [0.15, 0.2) is 18.2 Å². The molecule has 0 spiro atoms. The lowest BCUT2D eigenvalue weighted by molar-refractivity contribution is -0.135. The van der Waals surface area contributed by atoms with E-state index in [4.69, 9.17) is 11.6 Å². The Labute approximate surface area is 114 Å². The van der Waals surface area contributed by atoms with Crippen molar-refractivity contribution in [1.82, 2.24) is 10.2 Å². The van der Waals surface area contributed by atoms with Gasteiger partial charge in [0, 0.05) is 23.5 Å². The molecule has 0 radical (unpaired) electrons. The average molecular weight is 285 g/mol. The number of piperazine rings is 1. The molecule has 0 aliphatic carbocycles. The molecule has 1 aromatic rings. The molecule has 0 saturated carbocycles. The minimum atomic E-state index is -0.152. The molecule has 1 aliphatic heterocycles. The van der Waals surface area contributed by atoms with Crippen molar-refractivity contribution in [2.45, 2.75) is 13.0 Å². The zero-order chi connectivity index (χ0) is 13.1. The average Bonchev–Trinajstić information content (AvgIpc) is 2.70. The quantitative estimate of drug-likeness (QED) is 0.842. The van der Waals surface area contributed by atoms with Crippen LogP contribution in [0, 0.1) is 0 Å². The number of thiophene rings is 1. The van der Waals surface area contributed by atoms with Crippen LogP contribution in [0.25, 0.3) is 6.08 Å². The first-order chi connectivity index (χ1) is 8.54. The summed E-state index contributed by atoms with van der Waals surface area (Å²) in [6.07, 6.45) is 3.20. The van der Waals surface area contributed by atoms with Crippen molar-refractivity contribution in [3.63, 3.8) is 0 Å². The van der Waals surface area contributed by atoms with Crippen LogP contribution in [-0.2, 0) is 9.59 Å². The van der Waals surface area contributed by atoms with E-state index < -0.39 is 0 Å². The Balaban J connectivity index is 1.99. The maximum absolute atomic E-state index is 11.9. The second kappa shape index (κ2) is 5.54. The van der Waals surface area contributed by atoms with E-state index in [1.54, 1.807) is 12.1 Å². The fraction of sp³-hybridized carbons (Fsp3) is 0.333. The van der Waals surface area contributed by atoms with Crippen molar-refractivity contribution in [2.75, 3.05) is 13.1 Å². The van der Waals surface area contributed by atoms with Crippen LogP contribution in [0.3, 0.4) is 0 Å². The first-order valence-electron chi connectivity index (χ1n) is 5.56. The molecule has 2 heterocycles. The molecule has 1 saturated heterocycles. The van der Waals surface area contributed by atoms with E-state index in [1.165, 1.54) is 22.3 Å². The third-order valence-electron chi connectivity index (χ3n) is 2.53. The van der Waals surface area contributed by atoms with Crippen LogP contribution in [0.4, 0.5) is 0 Å². The highest BCUT2D eigenvalue weighted by Crippen LogP contribution is 2.22. The van der Waals surface area contributed by atoms with E-state index in [1.807, 2.05) is 13.0 Å². The van der Waals surface area contributed by atoms with Gasteiger partial charge in [0.15, 0.2) is 0 Å². The molecule has 2 amide bonds.